The van der Waals surface area contributed by atoms with E-state index in [9.17, 15) is 0 Å². The van der Waals surface area contributed by atoms with Crippen molar-refractivity contribution in [3.63, 3.8) is 0 Å². The van der Waals surface area contributed by atoms with Gasteiger partial charge >= 0.3 is 0 Å². The molecule has 1 heteroatoms. The smallest absolute Gasteiger partial charge is 0.0688 e. The zero-order chi connectivity index (χ0) is 8.60. The molecule has 12 heavy (non-hydrogen) atoms. The molecule has 2 fully saturated rings. The molecular formula is C11H18O. The Morgan fingerprint density at radius 2 is 2.25 bits per heavy atom. The van der Waals surface area contributed by atoms with Gasteiger partial charge < -0.3 is 4.74 Å². The molecule has 0 unspecified atom stereocenters. The van der Waals surface area contributed by atoms with E-state index >= 15 is 0 Å². The third-order valence-electron chi connectivity index (χ3n) is 3.45. The average molecular weight is 166 g/mol. The van der Waals surface area contributed by atoms with E-state index in [4.69, 9.17) is 4.74 Å². The summed E-state index contributed by atoms with van der Waals surface area (Å²) in [6.45, 7) is 7.16. The third-order valence-corrected chi connectivity index (χ3v) is 3.45. The summed E-state index contributed by atoms with van der Waals surface area (Å²) in [5.74, 6) is 0.735. The van der Waals surface area contributed by atoms with Gasteiger partial charge in [0.2, 0.25) is 0 Å². The molecule has 1 nitrogen and oxygen atoms in total. The van der Waals surface area contributed by atoms with Crippen molar-refractivity contribution in [2.45, 2.75) is 44.6 Å². The minimum atomic E-state index is 0.294. The fourth-order valence-corrected chi connectivity index (χ4v) is 2.37. The molecule has 0 bridgehead atoms. The van der Waals surface area contributed by atoms with E-state index in [0.717, 1.165) is 12.5 Å². The lowest BCUT2D eigenvalue weighted by Gasteiger charge is -2.47. The van der Waals surface area contributed by atoms with Crippen LogP contribution in [-0.4, -0.2) is 12.2 Å². The topological polar surface area (TPSA) is 9.23 Å². The zero-order valence-electron chi connectivity index (χ0n) is 7.94. The molecule has 1 atom stereocenters. The minimum Gasteiger partial charge on any atom is -0.375 e. The summed E-state index contributed by atoms with van der Waals surface area (Å²) in [4.78, 5) is 0. The first-order valence-electron chi connectivity index (χ1n) is 5.01. The summed E-state index contributed by atoms with van der Waals surface area (Å²) < 4.78 is 5.84. The van der Waals surface area contributed by atoms with Crippen molar-refractivity contribution in [2.75, 3.05) is 6.61 Å². The van der Waals surface area contributed by atoms with E-state index in [1.165, 1.54) is 37.7 Å². The van der Waals surface area contributed by atoms with E-state index in [0.29, 0.717) is 5.60 Å². The molecular weight excluding hydrogens is 148 g/mol. The fraction of sp³-hybridized carbons (Fsp3) is 0.818. The second-order valence-corrected chi connectivity index (χ2v) is 4.42. The van der Waals surface area contributed by atoms with Crippen LogP contribution in [0.1, 0.15) is 39.0 Å². The lowest BCUT2D eigenvalue weighted by molar-refractivity contribution is -0.138. The van der Waals surface area contributed by atoms with E-state index in [-0.39, 0.29) is 0 Å². The lowest BCUT2D eigenvalue weighted by Crippen LogP contribution is -2.45. The molecule has 0 N–H and O–H groups in total. The number of ether oxygens (including phenoxy) is 1. The van der Waals surface area contributed by atoms with E-state index in [1.54, 1.807) is 0 Å². The van der Waals surface area contributed by atoms with Gasteiger partial charge in [0, 0.05) is 6.61 Å². The Morgan fingerprint density at radius 3 is 2.75 bits per heavy atom. The minimum absolute atomic E-state index is 0.294. The van der Waals surface area contributed by atoms with Crippen LogP contribution in [-0.2, 0) is 4.74 Å². The summed E-state index contributed by atoms with van der Waals surface area (Å²) in [6.07, 6.45) is 6.37. The molecule has 0 radical (unpaired) electrons. The number of hydrogen-bond donors (Lipinski definition) is 0. The van der Waals surface area contributed by atoms with Crippen LogP contribution in [0.2, 0.25) is 0 Å². The van der Waals surface area contributed by atoms with E-state index < -0.39 is 0 Å². The van der Waals surface area contributed by atoms with Crippen molar-refractivity contribution in [1.82, 2.24) is 0 Å². The van der Waals surface area contributed by atoms with Gasteiger partial charge in [0.15, 0.2) is 0 Å². The van der Waals surface area contributed by atoms with E-state index in [1.807, 2.05) is 0 Å². The zero-order valence-corrected chi connectivity index (χ0v) is 7.94. The number of rotatable bonds is 1. The lowest BCUT2D eigenvalue weighted by atomic mass is 9.71. The van der Waals surface area contributed by atoms with Crippen molar-refractivity contribution in [3.05, 3.63) is 12.2 Å². The standard InChI is InChI=1S/C11H18O/c1-9(2)10-4-7-12-11(8-10)5-3-6-11/h10H,1,3-8H2,2H3/t10-/m1/s1. The largest absolute Gasteiger partial charge is 0.375 e. The molecule has 0 aromatic carbocycles. The maximum Gasteiger partial charge on any atom is 0.0688 e. The summed E-state index contributed by atoms with van der Waals surface area (Å²) in [6, 6.07) is 0. The second-order valence-electron chi connectivity index (χ2n) is 4.42. The van der Waals surface area contributed by atoms with Gasteiger partial charge in [0.25, 0.3) is 0 Å². The van der Waals surface area contributed by atoms with Gasteiger partial charge in [-0.2, -0.15) is 0 Å². The predicted octanol–water partition coefficient (Wildman–Crippen LogP) is 2.91. The Bertz CT molecular complexity index is 191. The van der Waals surface area contributed by atoms with Crippen molar-refractivity contribution >= 4 is 0 Å². The molecule has 2 rings (SSSR count). The van der Waals surface area contributed by atoms with Gasteiger partial charge in [-0.15, -0.1) is 0 Å². The molecule has 1 saturated carbocycles. The monoisotopic (exact) mass is 166 g/mol. The molecule has 2 aliphatic rings. The Hall–Kier alpha value is -0.300. The van der Waals surface area contributed by atoms with Crippen LogP contribution in [0.3, 0.4) is 0 Å². The van der Waals surface area contributed by atoms with E-state index in [2.05, 4.69) is 13.5 Å². The highest BCUT2D eigenvalue weighted by molar-refractivity contribution is 5.04. The highest BCUT2D eigenvalue weighted by atomic mass is 16.5. The van der Waals surface area contributed by atoms with Gasteiger partial charge in [0.1, 0.15) is 0 Å². The first-order valence-corrected chi connectivity index (χ1v) is 5.01. The van der Waals surface area contributed by atoms with Crippen LogP contribution < -0.4 is 0 Å². The molecule has 1 heterocycles. The van der Waals surface area contributed by atoms with Crippen LogP contribution in [0.5, 0.6) is 0 Å². The first kappa shape index (κ1) is 8.31. The normalized spacial score (nSPS) is 32.9. The highest BCUT2D eigenvalue weighted by Crippen LogP contribution is 2.45. The van der Waals surface area contributed by atoms with Gasteiger partial charge in [-0.05, 0) is 44.9 Å². The Balaban J connectivity index is 1.98. The molecule has 0 aromatic heterocycles. The van der Waals surface area contributed by atoms with Crippen LogP contribution in [0.25, 0.3) is 0 Å². The third kappa shape index (κ3) is 1.31. The molecule has 1 spiro atoms. The molecule has 0 amide bonds. The van der Waals surface area contributed by atoms with Gasteiger partial charge in [-0.3, -0.25) is 0 Å². The van der Waals surface area contributed by atoms with Crippen LogP contribution in [0, 0.1) is 5.92 Å². The second kappa shape index (κ2) is 2.88. The van der Waals surface area contributed by atoms with Crippen LogP contribution in [0.15, 0.2) is 12.2 Å². The summed E-state index contributed by atoms with van der Waals surface area (Å²) in [5, 5.41) is 0. The molecule has 1 aliphatic carbocycles. The quantitative estimate of drug-likeness (QED) is 0.544. The molecule has 1 saturated heterocycles. The van der Waals surface area contributed by atoms with Gasteiger partial charge in [0.05, 0.1) is 5.60 Å². The average Bonchev–Trinajstić information content (AvgIpc) is 2.02. The fourth-order valence-electron chi connectivity index (χ4n) is 2.37. The van der Waals surface area contributed by atoms with Crippen LogP contribution >= 0.6 is 0 Å². The summed E-state index contributed by atoms with van der Waals surface area (Å²) >= 11 is 0. The van der Waals surface area contributed by atoms with Crippen molar-refractivity contribution in [3.8, 4) is 0 Å². The molecule has 1 aliphatic heterocycles. The van der Waals surface area contributed by atoms with Crippen molar-refractivity contribution < 1.29 is 4.74 Å². The molecule has 68 valence electrons. The Morgan fingerprint density at radius 1 is 1.50 bits per heavy atom. The summed E-state index contributed by atoms with van der Waals surface area (Å²) in [7, 11) is 0. The highest BCUT2D eigenvalue weighted by Gasteiger charge is 2.42. The predicted molar refractivity (Wildman–Crippen MR) is 50.1 cm³/mol. The van der Waals surface area contributed by atoms with Crippen molar-refractivity contribution in [2.24, 2.45) is 5.92 Å². The maximum absolute atomic E-state index is 5.84. The first-order chi connectivity index (χ1) is 5.72. The van der Waals surface area contributed by atoms with Gasteiger partial charge in [-0.25, -0.2) is 0 Å². The SMILES string of the molecule is C=C(C)[C@@H]1CCOC2(CCC2)C1. The summed E-state index contributed by atoms with van der Waals surface area (Å²) in [5.41, 5.74) is 1.64. The van der Waals surface area contributed by atoms with Crippen LogP contribution in [0.4, 0.5) is 0 Å². The molecule has 0 aromatic rings. The maximum atomic E-state index is 5.84. The Kier molecular flexibility index (Phi) is 1.99. The van der Waals surface area contributed by atoms with Gasteiger partial charge in [-0.1, -0.05) is 12.2 Å². The Labute approximate surface area is 74.8 Å². The number of hydrogen-bond acceptors (Lipinski definition) is 1. The van der Waals surface area contributed by atoms with Crippen molar-refractivity contribution in [1.29, 1.82) is 0 Å². The number of allylic oxidation sites excluding steroid dienone is 1.